The number of urea groups is 1. The topological polar surface area (TPSA) is 95.9 Å². The second kappa shape index (κ2) is 8.36. The summed E-state index contributed by atoms with van der Waals surface area (Å²) in [5, 5.41) is 12.2. The number of para-hydroxylation sites is 1. The number of carbonyl (C=O) groups excluding carboxylic acids is 3. The largest absolute Gasteiger partial charge is 0.503 e. The lowest BCUT2D eigenvalue weighted by Crippen LogP contribution is -2.54. The van der Waals surface area contributed by atoms with Gasteiger partial charge < -0.3 is 9.84 Å². The fraction of sp³-hybridized carbons (Fsp3) is 0.190. The lowest BCUT2D eigenvalue weighted by atomic mass is 10.0. The number of nitrogens with zero attached hydrogens (tertiary/aromatic N) is 1. The van der Waals surface area contributed by atoms with Crippen LogP contribution in [0, 0.1) is 0 Å². The Labute approximate surface area is 172 Å². The van der Waals surface area contributed by atoms with Gasteiger partial charge in [0, 0.05) is 0 Å². The lowest BCUT2D eigenvalue weighted by molar-refractivity contribution is -0.122. The van der Waals surface area contributed by atoms with Crippen molar-refractivity contribution in [2.45, 2.75) is 20.3 Å². The molecule has 1 fully saturated rings. The number of nitrogens with one attached hydrogen (secondary N) is 1. The van der Waals surface area contributed by atoms with Crippen molar-refractivity contribution in [2.24, 2.45) is 0 Å². The van der Waals surface area contributed by atoms with Gasteiger partial charge in [0.05, 0.1) is 17.3 Å². The Morgan fingerprint density at radius 1 is 1.17 bits per heavy atom. The SMILES string of the molecule is CCOc1cc(/C=C2/C(=O)NC(=O)N(c3ccccc3CC)C2=O)cc(Cl)c1O. The number of anilines is 1. The molecule has 150 valence electrons. The maximum atomic E-state index is 13.0. The van der Waals surface area contributed by atoms with Crippen LogP contribution in [0.2, 0.25) is 5.02 Å². The van der Waals surface area contributed by atoms with E-state index in [1.54, 1.807) is 19.1 Å². The lowest BCUT2D eigenvalue weighted by Gasteiger charge is -2.28. The molecule has 8 heteroatoms. The van der Waals surface area contributed by atoms with Gasteiger partial charge in [0.1, 0.15) is 5.57 Å². The summed E-state index contributed by atoms with van der Waals surface area (Å²) in [6.07, 6.45) is 1.91. The average Bonchev–Trinajstić information content (AvgIpc) is 2.69. The molecule has 0 atom stereocenters. The van der Waals surface area contributed by atoms with Crippen LogP contribution in [0.1, 0.15) is 25.0 Å². The number of aryl methyl sites for hydroxylation is 1. The smallest absolute Gasteiger partial charge is 0.335 e. The Morgan fingerprint density at radius 2 is 1.90 bits per heavy atom. The van der Waals surface area contributed by atoms with E-state index in [1.807, 2.05) is 19.1 Å². The zero-order valence-electron chi connectivity index (χ0n) is 15.9. The second-order valence-corrected chi connectivity index (χ2v) is 6.63. The molecule has 0 bridgehead atoms. The van der Waals surface area contributed by atoms with E-state index < -0.39 is 17.8 Å². The summed E-state index contributed by atoms with van der Waals surface area (Å²) in [4.78, 5) is 38.7. The highest BCUT2D eigenvalue weighted by Gasteiger charge is 2.37. The van der Waals surface area contributed by atoms with E-state index in [-0.39, 0.29) is 22.1 Å². The van der Waals surface area contributed by atoms with Crippen molar-refractivity contribution in [1.82, 2.24) is 5.32 Å². The molecule has 2 N–H and O–H groups in total. The number of hydrogen-bond acceptors (Lipinski definition) is 5. The molecule has 4 amide bonds. The van der Waals surface area contributed by atoms with Crippen LogP contribution in [0.25, 0.3) is 6.08 Å². The summed E-state index contributed by atoms with van der Waals surface area (Å²) >= 11 is 6.02. The van der Waals surface area contributed by atoms with Crippen LogP contribution in [0.3, 0.4) is 0 Å². The number of imide groups is 2. The summed E-state index contributed by atoms with van der Waals surface area (Å²) in [5.41, 5.74) is 1.33. The Bertz CT molecular complexity index is 1030. The van der Waals surface area contributed by atoms with E-state index in [0.29, 0.717) is 24.3 Å². The van der Waals surface area contributed by atoms with Gasteiger partial charge in [-0.1, -0.05) is 36.7 Å². The number of hydrogen-bond donors (Lipinski definition) is 2. The summed E-state index contributed by atoms with van der Waals surface area (Å²) in [7, 11) is 0. The third-order valence-electron chi connectivity index (χ3n) is 4.38. The number of halogens is 1. The minimum Gasteiger partial charge on any atom is -0.503 e. The number of benzene rings is 2. The molecular weight excluding hydrogens is 396 g/mol. The standard InChI is InChI=1S/C21H19ClN2O5/c1-3-13-7-5-6-8-16(13)24-20(27)14(19(26)23-21(24)28)9-12-10-15(22)18(25)17(11-12)29-4-2/h5-11,25H,3-4H2,1-2H3,(H,23,26,28)/b14-9-. The van der Waals surface area contributed by atoms with Crippen molar-refractivity contribution in [1.29, 1.82) is 0 Å². The van der Waals surface area contributed by atoms with Gasteiger partial charge in [0.15, 0.2) is 11.5 Å². The normalized spacial score (nSPS) is 15.6. The highest BCUT2D eigenvalue weighted by atomic mass is 35.5. The first kappa shape index (κ1) is 20.4. The van der Waals surface area contributed by atoms with E-state index in [2.05, 4.69) is 5.32 Å². The monoisotopic (exact) mass is 414 g/mol. The molecule has 0 radical (unpaired) electrons. The molecule has 1 heterocycles. The van der Waals surface area contributed by atoms with Gasteiger partial charge in [0.25, 0.3) is 11.8 Å². The minimum atomic E-state index is -0.813. The molecule has 29 heavy (non-hydrogen) atoms. The van der Waals surface area contributed by atoms with Crippen LogP contribution in [-0.4, -0.2) is 29.6 Å². The van der Waals surface area contributed by atoms with Gasteiger partial charge in [-0.25, -0.2) is 9.69 Å². The van der Waals surface area contributed by atoms with Gasteiger partial charge >= 0.3 is 6.03 Å². The Kier molecular flexibility index (Phi) is 5.89. The molecule has 3 rings (SSSR count). The van der Waals surface area contributed by atoms with E-state index in [9.17, 15) is 19.5 Å². The molecule has 1 aliphatic heterocycles. The van der Waals surface area contributed by atoms with Crippen molar-refractivity contribution in [3.05, 3.63) is 58.1 Å². The van der Waals surface area contributed by atoms with Crippen LogP contribution < -0.4 is 15.0 Å². The van der Waals surface area contributed by atoms with Crippen LogP contribution in [0.5, 0.6) is 11.5 Å². The molecule has 7 nitrogen and oxygen atoms in total. The first-order valence-electron chi connectivity index (χ1n) is 9.02. The summed E-state index contributed by atoms with van der Waals surface area (Å²) in [6, 6.07) is 9.02. The van der Waals surface area contributed by atoms with Crippen molar-refractivity contribution >= 4 is 41.2 Å². The van der Waals surface area contributed by atoms with Crippen molar-refractivity contribution in [3.63, 3.8) is 0 Å². The Morgan fingerprint density at radius 3 is 2.59 bits per heavy atom. The summed E-state index contributed by atoms with van der Waals surface area (Å²) in [6.45, 7) is 3.94. The molecule has 2 aromatic carbocycles. The minimum absolute atomic E-state index is 0.00993. The Balaban J connectivity index is 2.06. The fourth-order valence-electron chi connectivity index (χ4n) is 3.01. The van der Waals surface area contributed by atoms with E-state index >= 15 is 0 Å². The van der Waals surface area contributed by atoms with E-state index in [1.165, 1.54) is 18.2 Å². The molecule has 0 aromatic heterocycles. The number of phenols is 1. The number of amides is 4. The molecular formula is C21H19ClN2O5. The summed E-state index contributed by atoms with van der Waals surface area (Å²) in [5.74, 6) is -1.67. The predicted octanol–water partition coefficient (Wildman–Crippen LogP) is 3.67. The predicted molar refractivity (Wildman–Crippen MR) is 109 cm³/mol. The highest BCUT2D eigenvalue weighted by molar-refractivity contribution is 6.39. The van der Waals surface area contributed by atoms with Gasteiger partial charge in [-0.2, -0.15) is 0 Å². The number of rotatable bonds is 5. The van der Waals surface area contributed by atoms with Gasteiger partial charge in [-0.3, -0.25) is 14.9 Å². The van der Waals surface area contributed by atoms with Crippen LogP contribution in [0.15, 0.2) is 42.0 Å². The van der Waals surface area contributed by atoms with Crippen LogP contribution >= 0.6 is 11.6 Å². The fourth-order valence-corrected chi connectivity index (χ4v) is 3.23. The van der Waals surface area contributed by atoms with Crippen molar-refractivity contribution in [2.75, 3.05) is 11.5 Å². The second-order valence-electron chi connectivity index (χ2n) is 6.22. The number of ether oxygens (including phenoxy) is 1. The molecule has 1 saturated heterocycles. The molecule has 0 unspecified atom stereocenters. The number of barbiturate groups is 1. The van der Waals surface area contributed by atoms with Gasteiger partial charge in [-0.05, 0) is 48.7 Å². The zero-order valence-corrected chi connectivity index (χ0v) is 16.6. The highest BCUT2D eigenvalue weighted by Crippen LogP contribution is 2.36. The summed E-state index contributed by atoms with van der Waals surface area (Å²) < 4.78 is 5.33. The maximum Gasteiger partial charge on any atom is 0.335 e. The van der Waals surface area contributed by atoms with E-state index in [4.69, 9.17) is 16.3 Å². The number of aromatic hydroxyl groups is 1. The first-order chi connectivity index (χ1) is 13.9. The Hall–Kier alpha value is -3.32. The van der Waals surface area contributed by atoms with E-state index in [0.717, 1.165) is 10.5 Å². The molecule has 0 spiro atoms. The molecule has 2 aromatic rings. The number of carbonyl (C=O) groups is 3. The molecule has 0 saturated carbocycles. The van der Waals surface area contributed by atoms with Crippen molar-refractivity contribution < 1.29 is 24.2 Å². The zero-order chi connectivity index (χ0) is 21.1. The third kappa shape index (κ3) is 3.95. The molecule has 1 aliphatic rings. The average molecular weight is 415 g/mol. The van der Waals surface area contributed by atoms with Crippen molar-refractivity contribution in [3.8, 4) is 11.5 Å². The van der Waals surface area contributed by atoms with Crippen LogP contribution in [-0.2, 0) is 16.0 Å². The first-order valence-corrected chi connectivity index (χ1v) is 9.39. The maximum absolute atomic E-state index is 13.0. The quantitative estimate of drug-likeness (QED) is 0.574. The van der Waals surface area contributed by atoms with Crippen LogP contribution in [0.4, 0.5) is 10.5 Å². The van der Waals surface area contributed by atoms with Gasteiger partial charge in [0.2, 0.25) is 0 Å². The van der Waals surface area contributed by atoms with Gasteiger partial charge in [-0.15, -0.1) is 0 Å². The molecule has 0 aliphatic carbocycles. The number of phenolic OH excluding ortho intramolecular Hbond substituents is 1. The third-order valence-corrected chi connectivity index (χ3v) is 4.66.